The zero-order chi connectivity index (χ0) is 19.7. The van der Waals surface area contributed by atoms with Gasteiger partial charge in [-0.1, -0.05) is 49.4 Å². The molecule has 1 N–H and O–H groups in total. The first kappa shape index (κ1) is 20.0. The van der Waals surface area contributed by atoms with Crippen LogP contribution in [0.5, 0.6) is 0 Å². The molecule has 0 bridgehead atoms. The van der Waals surface area contributed by atoms with Crippen LogP contribution < -0.4 is 0 Å². The van der Waals surface area contributed by atoms with Crippen LogP contribution in [0, 0.1) is 0 Å². The lowest BCUT2D eigenvalue weighted by Crippen LogP contribution is -2.46. The number of nitrogens with zero attached hydrogens (tertiary/aromatic N) is 1. The van der Waals surface area contributed by atoms with E-state index in [-0.39, 0.29) is 17.2 Å². The summed E-state index contributed by atoms with van der Waals surface area (Å²) in [7, 11) is -7.47. The Morgan fingerprint density at radius 1 is 1.00 bits per heavy atom. The van der Waals surface area contributed by atoms with Crippen LogP contribution in [0.15, 0.2) is 59.5 Å². The Labute approximate surface area is 160 Å². The average Bonchev–Trinajstić information content (AvgIpc) is 2.92. The molecule has 1 aliphatic heterocycles. The standard InChI is InChI=1S/C19H23NO5S2/c1-2-15-8-10-17(11-9-15)27(24,25)20(12-16-6-4-3-5-7-16)18-13-26(22,23)14-19(18)21/h3-11,18-19,21H,2,12-14H2,1H3/t18-,19-/m0/s1. The molecule has 146 valence electrons. The largest absolute Gasteiger partial charge is 0.390 e. The number of rotatable bonds is 6. The number of hydrogen-bond donors (Lipinski definition) is 1. The van der Waals surface area contributed by atoms with Crippen LogP contribution in [0.1, 0.15) is 18.1 Å². The average molecular weight is 410 g/mol. The van der Waals surface area contributed by atoms with Gasteiger partial charge in [-0.15, -0.1) is 0 Å². The van der Waals surface area contributed by atoms with E-state index >= 15 is 0 Å². The summed E-state index contributed by atoms with van der Waals surface area (Å²) < 4.78 is 51.7. The Bertz CT molecular complexity index is 986. The van der Waals surface area contributed by atoms with Crippen molar-refractivity contribution in [3.63, 3.8) is 0 Å². The van der Waals surface area contributed by atoms with E-state index < -0.39 is 37.8 Å². The lowest BCUT2D eigenvalue weighted by molar-refractivity contribution is 0.125. The lowest BCUT2D eigenvalue weighted by atomic mass is 10.2. The third-order valence-corrected chi connectivity index (χ3v) is 8.37. The molecular formula is C19H23NO5S2. The van der Waals surface area contributed by atoms with E-state index in [1.54, 1.807) is 36.4 Å². The van der Waals surface area contributed by atoms with Crippen molar-refractivity contribution < 1.29 is 21.9 Å². The van der Waals surface area contributed by atoms with Crippen molar-refractivity contribution in [1.29, 1.82) is 0 Å². The van der Waals surface area contributed by atoms with Gasteiger partial charge >= 0.3 is 0 Å². The summed E-state index contributed by atoms with van der Waals surface area (Å²) in [5.74, 6) is -0.805. The molecule has 6 nitrogen and oxygen atoms in total. The van der Waals surface area contributed by atoms with E-state index in [0.717, 1.165) is 21.9 Å². The van der Waals surface area contributed by atoms with E-state index in [9.17, 15) is 21.9 Å². The molecule has 3 rings (SSSR count). The minimum Gasteiger partial charge on any atom is -0.390 e. The van der Waals surface area contributed by atoms with Crippen molar-refractivity contribution >= 4 is 19.9 Å². The Balaban J connectivity index is 2.02. The molecule has 1 saturated heterocycles. The predicted molar refractivity (Wildman–Crippen MR) is 103 cm³/mol. The molecule has 0 aromatic heterocycles. The van der Waals surface area contributed by atoms with Crippen molar-refractivity contribution in [2.75, 3.05) is 11.5 Å². The number of sulfone groups is 1. The summed E-state index contributed by atoms with van der Waals surface area (Å²) >= 11 is 0. The molecule has 2 atom stereocenters. The van der Waals surface area contributed by atoms with Gasteiger partial charge in [0, 0.05) is 6.54 Å². The Morgan fingerprint density at radius 3 is 2.15 bits per heavy atom. The van der Waals surface area contributed by atoms with Crippen molar-refractivity contribution in [2.45, 2.75) is 36.9 Å². The van der Waals surface area contributed by atoms with Crippen LogP contribution in [-0.2, 0) is 32.8 Å². The smallest absolute Gasteiger partial charge is 0.243 e. The summed E-state index contributed by atoms with van der Waals surface area (Å²) in [6, 6.07) is 14.5. The summed E-state index contributed by atoms with van der Waals surface area (Å²) in [4.78, 5) is 0.0899. The van der Waals surface area contributed by atoms with E-state index in [0.29, 0.717) is 0 Å². The van der Waals surface area contributed by atoms with Gasteiger partial charge in [0.25, 0.3) is 0 Å². The van der Waals surface area contributed by atoms with Gasteiger partial charge in [0.1, 0.15) is 0 Å². The molecule has 2 aromatic rings. The molecule has 2 aromatic carbocycles. The van der Waals surface area contributed by atoms with Gasteiger partial charge in [-0.25, -0.2) is 16.8 Å². The number of aliphatic hydroxyl groups is 1. The van der Waals surface area contributed by atoms with Gasteiger partial charge in [0.15, 0.2) is 9.84 Å². The molecule has 27 heavy (non-hydrogen) atoms. The molecular weight excluding hydrogens is 386 g/mol. The molecule has 1 aliphatic rings. The molecule has 0 radical (unpaired) electrons. The van der Waals surface area contributed by atoms with Crippen molar-refractivity contribution in [3.05, 3.63) is 65.7 Å². The quantitative estimate of drug-likeness (QED) is 0.782. The Kier molecular flexibility index (Phi) is 5.71. The van der Waals surface area contributed by atoms with Crippen molar-refractivity contribution in [1.82, 2.24) is 4.31 Å². The van der Waals surface area contributed by atoms with Crippen LogP contribution in [0.25, 0.3) is 0 Å². The first-order valence-corrected chi connectivity index (χ1v) is 12.0. The summed E-state index contributed by atoms with van der Waals surface area (Å²) in [6.07, 6.45) is -0.461. The molecule has 1 fully saturated rings. The zero-order valence-corrected chi connectivity index (χ0v) is 16.7. The molecule has 0 spiro atoms. The molecule has 0 saturated carbocycles. The highest BCUT2D eigenvalue weighted by Gasteiger charge is 2.44. The first-order chi connectivity index (χ1) is 12.7. The fraction of sp³-hybridized carbons (Fsp3) is 0.368. The van der Waals surface area contributed by atoms with E-state index in [4.69, 9.17) is 0 Å². The third-order valence-electron chi connectivity index (χ3n) is 4.78. The second kappa shape index (κ2) is 7.71. The monoisotopic (exact) mass is 409 g/mol. The van der Waals surface area contributed by atoms with Crippen LogP contribution in [0.4, 0.5) is 0 Å². The minimum atomic E-state index is -3.98. The lowest BCUT2D eigenvalue weighted by Gasteiger charge is -2.29. The van der Waals surface area contributed by atoms with E-state index in [1.807, 2.05) is 13.0 Å². The number of sulfonamides is 1. The van der Waals surface area contributed by atoms with Gasteiger partial charge in [0.2, 0.25) is 10.0 Å². The summed E-state index contributed by atoms with van der Waals surface area (Å²) in [6.45, 7) is 1.97. The van der Waals surface area contributed by atoms with Crippen molar-refractivity contribution in [3.8, 4) is 0 Å². The van der Waals surface area contributed by atoms with Crippen LogP contribution in [-0.4, -0.2) is 49.9 Å². The maximum atomic E-state index is 13.3. The summed E-state index contributed by atoms with van der Waals surface area (Å²) in [5, 5.41) is 10.3. The van der Waals surface area contributed by atoms with Crippen molar-refractivity contribution in [2.24, 2.45) is 0 Å². The first-order valence-electron chi connectivity index (χ1n) is 8.76. The maximum absolute atomic E-state index is 13.3. The summed E-state index contributed by atoms with van der Waals surface area (Å²) in [5.41, 5.74) is 1.73. The number of hydrogen-bond acceptors (Lipinski definition) is 5. The maximum Gasteiger partial charge on any atom is 0.243 e. The van der Waals surface area contributed by atoms with Crippen LogP contribution in [0.3, 0.4) is 0 Å². The van der Waals surface area contributed by atoms with Gasteiger partial charge in [-0.05, 0) is 29.7 Å². The van der Waals surface area contributed by atoms with E-state index in [1.165, 1.54) is 12.1 Å². The number of aliphatic hydroxyl groups excluding tert-OH is 1. The fourth-order valence-corrected chi connectivity index (χ4v) is 6.80. The highest BCUT2D eigenvalue weighted by molar-refractivity contribution is 7.92. The Morgan fingerprint density at radius 2 is 1.63 bits per heavy atom. The second-order valence-corrected chi connectivity index (χ2v) is 10.8. The van der Waals surface area contributed by atoms with Crippen LogP contribution in [0.2, 0.25) is 0 Å². The predicted octanol–water partition coefficient (Wildman–Crippen LogP) is 1.60. The zero-order valence-electron chi connectivity index (χ0n) is 15.0. The fourth-order valence-electron chi connectivity index (χ4n) is 3.26. The Hall–Kier alpha value is -1.74. The van der Waals surface area contributed by atoms with Gasteiger partial charge in [0.05, 0.1) is 28.5 Å². The molecule has 8 heteroatoms. The third kappa shape index (κ3) is 4.40. The highest BCUT2D eigenvalue weighted by Crippen LogP contribution is 2.27. The molecule has 0 aliphatic carbocycles. The number of aryl methyl sites for hydroxylation is 1. The second-order valence-electron chi connectivity index (χ2n) is 6.74. The normalized spacial score (nSPS) is 22.2. The molecule has 1 heterocycles. The highest BCUT2D eigenvalue weighted by atomic mass is 32.2. The van der Waals surface area contributed by atoms with Gasteiger partial charge < -0.3 is 5.11 Å². The number of benzene rings is 2. The van der Waals surface area contributed by atoms with E-state index in [2.05, 4.69) is 0 Å². The molecule has 0 unspecified atom stereocenters. The van der Waals surface area contributed by atoms with Gasteiger partial charge in [-0.3, -0.25) is 0 Å². The minimum absolute atomic E-state index is 0.00402. The topological polar surface area (TPSA) is 91.8 Å². The van der Waals surface area contributed by atoms with Gasteiger partial charge in [-0.2, -0.15) is 4.31 Å². The molecule has 0 amide bonds. The van der Waals surface area contributed by atoms with Crippen LogP contribution >= 0.6 is 0 Å². The SMILES string of the molecule is CCc1ccc(S(=O)(=O)N(Cc2ccccc2)[C@H]2CS(=O)(=O)C[C@@H]2O)cc1.